The SMILES string of the molecule is CCCCC(CC)C(=O)Cc1ccc(C(F)(F)F)cc1. The zero-order chi connectivity index (χ0) is 15.2. The molecule has 1 unspecified atom stereocenters. The van der Waals surface area contributed by atoms with Crippen molar-refractivity contribution < 1.29 is 18.0 Å². The Hall–Kier alpha value is -1.32. The molecule has 0 saturated carbocycles. The molecule has 1 aromatic rings. The first-order valence-corrected chi connectivity index (χ1v) is 7.07. The van der Waals surface area contributed by atoms with Crippen molar-refractivity contribution in [1.29, 1.82) is 0 Å². The van der Waals surface area contributed by atoms with Crippen molar-refractivity contribution in [2.24, 2.45) is 5.92 Å². The zero-order valence-corrected chi connectivity index (χ0v) is 12.0. The van der Waals surface area contributed by atoms with Gasteiger partial charge in [-0.05, 0) is 30.5 Å². The molecule has 1 nitrogen and oxygen atoms in total. The number of hydrogen-bond acceptors (Lipinski definition) is 1. The van der Waals surface area contributed by atoms with E-state index in [1.54, 1.807) is 0 Å². The fourth-order valence-electron chi connectivity index (χ4n) is 2.20. The summed E-state index contributed by atoms with van der Waals surface area (Å²) in [5.74, 6) is 0.151. The first-order chi connectivity index (χ1) is 9.38. The highest BCUT2D eigenvalue weighted by Crippen LogP contribution is 2.29. The van der Waals surface area contributed by atoms with Gasteiger partial charge < -0.3 is 0 Å². The summed E-state index contributed by atoms with van der Waals surface area (Å²) in [6.45, 7) is 4.05. The Morgan fingerprint density at radius 3 is 2.20 bits per heavy atom. The van der Waals surface area contributed by atoms with Gasteiger partial charge in [0.05, 0.1) is 5.56 Å². The maximum absolute atomic E-state index is 12.4. The van der Waals surface area contributed by atoms with Crippen LogP contribution in [0.2, 0.25) is 0 Å². The molecule has 0 fully saturated rings. The van der Waals surface area contributed by atoms with Gasteiger partial charge in [0.15, 0.2) is 0 Å². The van der Waals surface area contributed by atoms with E-state index in [1.165, 1.54) is 12.1 Å². The van der Waals surface area contributed by atoms with Crippen LogP contribution in [0, 0.1) is 5.92 Å². The maximum atomic E-state index is 12.4. The third kappa shape index (κ3) is 4.99. The van der Waals surface area contributed by atoms with Gasteiger partial charge in [-0.3, -0.25) is 4.79 Å². The van der Waals surface area contributed by atoms with E-state index >= 15 is 0 Å². The normalized spacial score (nSPS) is 13.2. The van der Waals surface area contributed by atoms with E-state index in [9.17, 15) is 18.0 Å². The smallest absolute Gasteiger partial charge is 0.299 e. The number of halogens is 3. The molecular formula is C16H21F3O. The molecule has 0 aliphatic rings. The summed E-state index contributed by atoms with van der Waals surface area (Å²) in [6.07, 6.45) is -0.386. The minimum atomic E-state index is -4.32. The summed E-state index contributed by atoms with van der Waals surface area (Å²) >= 11 is 0. The number of Topliss-reactive ketones (excluding diaryl/α,β-unsaturated/α-hetero) is 1. The highest BCUT2D eigenvalue weighted by Gasteiger charge is 2.30. The van der Waals surface area contributed by atoms with Gasteiger partial charge in [0, 0.05) is 12.3 Å². The summed E-state index contributed by atoms with van der Waals surface area (Å²) in [4.78, 5) is 12.1. The molecule has 1 atom stereocenters. The molecule has 0 N–H and O–H groups in total. The molecule has 0 aliphatic carbocycles. The molecule has 1 aromatic carbocycles. The van der Waals surface area contributed by atoms with Crippen LogP contribution in [0.4, 0.5) is 13.2 Å². The molecule has 0 aromatic heterocycles. The average molecular weight is 286 g/mol. The van der Waals surface area contributed by atoms with E-state index in [4.69, 9.17) is 0 Å². The van der Waals surface area contributed by atoms with Crippen molar-refractivity contribution in [3.8, 4) is 0 Å². The number of carbonyl (C=O) groups excluding carboxylic acids is 1. The number of unbranched alkanes of at least 4 members (excludes halogenated alkanes) is 1. The van der Waals surface area contributed by atoms with E-state index in [1.807, 2.05) is 6.92 Å². The van der Waals surface area contributed by atoms with E-state index in [-0.39, 0.29) is 18.1 Å². The highest BCUT2D eigenvalue weighted by molar-refractivity contribution is 5.83. The second kappa shape index (κ2) is 7.46. The monoisotopic (exact) mass is 286 g/mol. The number of carbonyl (C=O) groups is 1. The summed E-state index contributed by atoms with van der Waals surface area (Å²) < 4.78 is 37.3. The lowest BCUT2D eigenvalue weighted by Gasteiger charge is -2.13. The standard InChI is InChI=1S/C16H21F3O/c1-3-5-6-13(4-2)15(20)11-12-7-9-14(10-8-12)16(17,18)19/h7-10,13H,3-6,11H2,1-2H3. The number of rotatable bonds is 7. The van der Waals surface area contributed by atoms with Crippen molar-refractivity contribution in [2.45, 2.75) is 52.1 Å². The Kier molecular flexibility index (Phi) is 6.24. The Morgan fingerprint density at radius 1 is 1.15 bits per heavy atom. The topological polar surface area (TPSA) is 17.1 Å². The van der Waals surface area contributed by atoms with E-state index in [0.29, 0.717) is 5.56 Å². The molecule has 0 radical (unpaired) electrons. The predicted octanol–water partition coefficient (Wildman–Crippen LogP) is 5.03. The molecule has 112 valence electrons. The quantitative estimate of drug-likeness (QED) is 0.686. The molecule has 0 bridgehead atoms. The van der Waals surface area contributed by atoms with Gasteiger partial charge in [0.2, 0.25) is 0 Å². The van der Waals surface area contributed by atoms with Gasteiger partial charge >= 0.3 is 6.18 Å². The van der Waals surface area contributed by atoms with Crippen molar-refractivity contribution in [1.82, 2.24) is 0 Å². The minimum Gasteiger partial charge on any atom is -0.299 e. The van der Waals surface area contributed by atoms with E-state index in [2.05, 4.69) is 6.92 Å². The van der Waals surface area contributed by atoms with Crippen LogP contribution < -0.4 is 0 Å². The van der Waals surface area contributed by atoms with Gasteiger partial charge in [0.25, 0.3) is 0 Å². The number of ketones is 1. The Morgan fingerprint density at radius 2 is 1.75 bits per heavy atom. The van der Waals surface area contributed by atoms with Crippen LogP contribution in [0.1, 0.15) is 50.7 Å². The summed E-state index contributed by atoms with van der Waals surface area (Å²) in [5.41, 5.74) is -0.0235. The first-order valence-electron chi connectivity index (χ1n) is 7.07. The third-order valence-corrected chi connectivity index (χ3v) is 3.51. The number of benzene rings is 1. The lowest BCUT2D eigenvalue weighted by molar-refractivity contribution is -0.137. The largest absolute Gasteiger partial charge is 0.416 e. The summed E-state index contributed by atoms with van der Waals surface area (Å²) in [5, 5.41) is 0. The van der Waals surface area contributed by atoms with Gasteiger partial charge in [0.1, 0.15) is 5.78 Å². The fourth-order valence-corrected chi connectivity index (χ4v) is 2.20. The Balaban J connectivity index is 2.66. The number of hydrogen-bond donors (Lipinski definition) is 0. The second-order valence-corrected chi connectivity index (χ2v) is 5.09. The predicted molar refractivity (Wildman–Crippen MR) is 73.5 cm³/mol. The molecule has 0 amide bonds. The molecular weight excluding hydrogens is 265 g/mol. The van der Waals surface area contributed by atoms with Crippen LogP contribution in [0.25, 0.3) is 0 Å². The van der Waals surface area contributed by atoms with Crippen LogP contribution in [0.3, 0.4) is 0 Å². The van der Waals surface area contributed by atoms with Crippen molar-refractivity contribution >= 4 is 5.78 Å². The van der Waals surface area contributed by atoms with Gasteiger partial charge in [-0.25, -0.2) is 0 Å². The molecule has 0 spiro atoms. The molecule has 4 heteroatoms. The van der Waals surface area contributed by atoms with Crippen LogP contribution in [0.15, 0.2) is 24.3 Å². The van der Waals surface area contributed by atoms with Crippen LogP contribution >= 0.6 is 0 Å². The van der Waals surface area contributed by atoms with E-state index < -0.39 is 11.7 Å². The Labute approximate surface area is 118 Å². The fraction of sp³-hybridized carbons (Fsp3) is 0.562. The lowest BCUT2D eigenvalue weighted by Crippen LogP contribution is -2.16. The van der Waals surface area contributed by atoms with Gasteiger partial charge in [-0.15, -0.1) is 0 Å². The molecule has 0 heterocycles. The number of alkyl halides is 3. The highest BCUT2D eigenvalue weighted by atomic mass is 19.4. The van der Waals surface area contributed by atoms with Crippen molar-refractivity contribution in [3.05, 3.63) is 35.4 Å². The summed E-state index contributed by atoms with van der Waals surface area (Å²) in [7, 11) is 0. The van der Waals surface area contributed by atoms with Crippen LogP contribution in [-0.4, -0.2) is 5.78 Å². The Bertz CT molecular complexity index is 420. The van der Waals surface area contributed by atoms with Crippen LogP contribution in [0.5, 0.6) is 0 Å². The average Bonchev–Trinajstić information content (AvgIpc) is 2.39. The molecule has 0 saturated heterocycles. The molecule has 0 aliphatic heterocycles. The zero-order valence-electron chi connectivity index (χ0n) is 12.0. The lowest BCUT2D eigenvalue weighted by atomic mass is 9.91. The molecule has 20 heavy (non-hydrogen) atoms. The van der Waals surface area contributed by atoms with Gasteiger partial charge in [-0.2, -0.15) is 13.2 Å². The van der Waals surface area contributed by atoms with Crippen molar-refractivity contribution in [3.63, 3.8) is 0 Å². The second-order valence-electron chi connectivity index (χ2n) is 5.09. The van der Waals surface area contributed by atoms with Gasteiger partial charge in [-0.1, -0.05) is 38.8 Å². The first kappa shape index (κ1) is 16.7. The molecule has 1 rings (SSSR count). The van der Waals surface area contributed by atoms with Crippen LogP contribution in [-0.2, 0) is 17.4 Å². The minimum absolute atomic E-state index is 0.0252. The van der Waals surface area contributed by atoms with E-state index in [0.717, 1.165) is 37.8 Å². The van der Waals surface area contributed by atoms with Crippen molar-refractivity contribution in [2.75, 3.05) is 0 Å². The summed E-state index contributed by atoms with van der Waals surface area (Å²) in [6, 6.07) is 4.87. The maximum Gasteiger partial charge on any atom is 0.416 e. The third-order valence-electron chi connectivity index (χ3n) is 3.51.